The van der Waals surface area contributed by atoms with E-state index in [0.29, 0.717) is 13.0 Å². The van der Waals surface area contributed by atoms with Gasteiger partial charge in [-0.3, -0.25) is 4.79 Å². The van der Waals surface area contributed by atoms with Crippen molar-refractivity contribution in [2.45, 2.75) is 26.0 Å². The molecule has 1 aromatic carbocycles. The predicted octanol–water partition coefficient (Wildman–Crippen LogP) is 3.11. The van der Waals surface area contributed by atoms with Gasteiger partial charge in [0.15, 0.2) is 0 Å². The highest BCUT2D eigenvalue weighted by Gasteiger charge is 2.14. The first-order chi connectivity index (χ1) is 9.71. The molecule has 0 spiro atoms. The Hall–Kier alpha value is -1.49. The lowest BCUT2D eigenvalue weighted by atomic mass is 10.1. The van der Waals surface area contributed by atoms with Gasteiger partial charge in [0, 0.05) is 0 Å². The van der Waals surface area contributed by atoms with E-state index in [0.717, 1.165) is 23.5 Å². The molecule has 0 aliphatic heterocycles. The molecule has 0 heterocycles. The number of allylic oxidation sites excluding steroid dienone is 1. The van der Waals surface area contributed by atoms with Gasteiger partial charge in [0.25, 0.3) is 0 Å². The largest absolute Gasteiger partial charge is 0.491 e. The second-order valence-corrected chi connectivity index (χ2v) is 5.21. The minimum Gasteiger partial charge on any atom is -0.491 e. The van der Waals surface area contributed by atoms with E-state index in [1.54, 1.807) is 23.9 Å². The smallest absolute Gasteiger partial charge is 0.207 e. The van der Waals surface area contributed by atoms with Crippen molar-refractivity contribution in [2.24, 2.45) is 0 Å². The Morgan fingerprint density at radius 3 is 2.70 bits per heavy atom. The molecule has 1 atom stereocenters. The molecular weight excluding hydrogens is 277 g/mol. The lowest BCUT2D eigenvalue weighted by molar-refractivity contribution is -0.110. The first kappa shape index (κ1) is 16.6. The zero-order valence-corrected chi connectivity index (χ0v) is 12.6. The zero-order chi connectivity index (χ0) is 14.8. The predicted molar refractivity (Wildman–Crippen MR) is 80.9 cm³/mol. The summed E-state index contributed by atoms with van der Waals surface area (Å²) in [6, 6.07) is 6.07. The Labute approximate surface area is 123 Å². The molecule has 0 aliphatic rings. The van der Waals surface area contributed by atoms with Crippen LogP contribution in [-0.4, -0.2) is 24.5 Å². The summed E-state index contributed by atoms with van der Waals surface area (Å²) in [6.45, 7) is 2.23. The molecule has 0 aliphatic carbocycles. The summed E-state index contributed by atoms with van der Waals surface area (Å²) in [5, 5.41) is 2.77. The molecule has 1 unspecified atom stereocenters. The van der Waals surface area contributed by atoms with Gasteiger partial charge in [-0.15, -0.1) is 0 Å². The number of benzene rings is 1. The zero-order valence-electron chi connectivity index (χ0n) is 11.8. The van der Waals surface area contributed by atoms with Gasteiger partial charge in [-0.2, -0.15) is 11.8 Å². The van der Waals surface area contributed by atoms with Gasteiger partial charge in [0.1, 0.15) is 18.2 Å². The number of halogens is 1. The van der Waals surface area contributed by atoms with Crippen molar-refractivity contribution in [1.82, 2.24) is 5.32 Å². The summed E-state index contributed by atoms with van der Waals surface area (Å²) in [7, 11) is 0. The van der Waals surface area contributed by atoms with Gasteiger partial charge in [-0.1, -0.05) is 12.1 Å². The maximum atomic E-state index is 12.8. The van der Waals surface area contributed by atoms with Crippen molar-refractivity contribution in [3.05, 3.63) is 47.5 Å². The average molecular weight is 297 g/mol. The molecule has 3 nitrogen and oxygen atoms in total. The highest BCUT2D eigenvalue weighted by molar-refractivity contribution is 7.98. The quantitative estimate of drug-likeness (QED) is 0.562. The van der Waals surface area contributed by atoms with Crippen molar-refractivity contribution in [1.29, 1.82) is 0 Å². The van der Waals surface area contributed by atoms with Crippen LogP contribution < -0.4 is 5.32 Å². The van der Waals surface area contributed by atoms with Crippen LogP contribution in [-0.2, 0) is 16.1 Å². The highest BCUT2D eigenvalue weighted by atomic mass is 32.2. The monoisotopic (exact) mass is 297 g/mol. The van der Waals surface area contributed by atoms with Gasteiger partial charge in [0.05, 0.1) is 6.04 Å². The van der Waals surface area contributed by atoms with Gasteiger partial charge in [-0.05, 0) is 49.1 Å². The van der Waals surface area contributed by atoms with E-state index < -0.39 is 0 Å². The Morgan fingerprint density at radius 2 is 2.15 bits per heavy atom. The fourth-order valence-electron chi connectivity index (χ4n) is 1.76. The fourth-order valence-corrected chi connectivity index (χ4v) is 2.23. The average Bonchev–Trinajstić information content (AvgIpc) is 2.47. The lowest BCUT2D eigenvalue weighted by Gasteiger charge is -2.20. The van der Waals surface area contributed by atoms with E-state index in [1.807, 2.05) is 19.3 Å². The third-order valence-corrected chi connectivity index (χ3v) is 3.47. The van der Waals surface area contributed by atoms with E-state index in [1.165, 1.54) is 12.1 Å². The van der Waals surface area contributed by atoms with Gasteiger partial charge >= 0.3 is 0 Å². The molecule has 0 bridgehead atoms. The molecule has 0 aromatic heterocycles. The molecule has 0 radical (unpaired) electrons. The number of amides is 1. The van der Waals surface area contributed by atoms with E-state index in [-0.39, 0.29) is 11.9 Å². The van der Waals surface area contributed by atoms with Crippen molar-refractivity contribution in [2.75, 3.05) is 12.0 Å². The normalized spacial score (nSPS) is 12.8. The lowest BCUT2D eigenvalue weighted by Crippen LogP contribution is -2.31. The second-order valence-electron chi connectivity index (χ2n) is 4.22. The topological polar surface area (TPSA) is 38.3 Å². The van der Waals surface area contributed by atoms with Crippen LogP contribution in [0, 0.1) is 5.82 Å². The molecule has 110 valence electrons. The van der Waals surface area contributed by atoms with E-state index >= 15 is 0 Å². The highest BCUT2D eigenvalue weighted by Crippen LogP contribution is 2.14. The summed E-state index contributed by atoms with van der Waals surface area (Å²) >= 11 is 1.72. The molecule has 5 heteroatoms. The maximum Gasteiger partial charge on any atom is 0.207 e. The molecule has 20 heavy (non-hydrogen) atoms. The Balaban J connectivity index is 2.59. The van der Waals surface area contributed by atoms with Crippen molar-refractivity contribution >= 4 is 18.2 Å². The third kappa shape index (κ3) is 5.65. The SMILES string of the molecule is C/C=C(/OCc1ccc(F)cc1)C(CCSC)NC=O. The van der Waals surface area contributed by atoms with Crippen molar-refractivity contribution in [3.8, 4) is 0 Å². The van der Waals surface area contributed by atoms with Crippen LogP contribution in [0.15, 0.2) is 36.1 Å². The summed E-state index contributed by atoms with van der Waals surface area (Å²) in [5.41, 5.74) is 0.889. The van der Waals surface area contributed by atoms with E-state index in [4.69, 9.17) is 4.74 Å². The summed E-state index contributed by atoms with van der Waals surface area (Å²) < 4.78 is 18.6. The number of nitrogens with one attached hydrogen (secondary N) is 1. The van der Waals surface area contributed by atoms with Crippen molar-refractivity contribution < 1.29 is 13.9 Å². The van der Waals surface area contributed by atoms with Crippen LogP contribution in [0.5, 0.6) is 0 Å². The second kappa shape index (κ2) is 9.42. The first-order valence-corrected chi connectivity index (χ1v) is 7.82. The minimum atomic E-state index is -0.263. The molecule has 0 saturated carbocycles. The number of hydrogen-bond donors (Lipinski definition) is 1. The number of ether oxygens (including phenoxy) is 1. The summed E-state index contributed by atoms with van der Waals surface area (Å²) in [6.07, 6.45) is 5.37. The first-order valence-electron chi connectivity index (χ1n) is 6.43. The van der Waals surface area contributed by atoms with Crippen molar-refractivity contribution in [3.63, 3.8) is 0 Å². The standard InChI is InChI=1S/C15H20FNO2S/c1-3-15(14(17-11-18)8-9-20-2)19-10-12-4-6-13(16)7-5-12/h3-7,11,14H,8-10H2,1-2H3,(H,17,18)/b15-3+. The molecule has 1 N–H and O–H groups in total. The fraction of sp³-hybridized carbons (Fsp3) is 0.400. The van der Waals surface area contributed by atoms with E-state index in [2.05, 4.69) is 5.32 Å². The number of hydrogen-bond acceptors (Lipinski definition) is 3. The van der Waals surface area contributed by atoms with Crippen LogP contribution >= 0.6 is 11.8 Å². The number of thioether (sulfide) groups is 1. The molecule has 1 amide bonds. The van der Waals surface area contributed by atoms with Crippen LogP contribution in [0.25, 0.3) is 0 Å². The van der Waals surface area contributed by atoms with Crippen LogP contribution in [0.4, 0.5) is 4.39 Å². The van der Waals surface area contributed by atoms with Crippen LogP contribution in [0.2, 0.25) is 0 Å². The Kier molecular flexibility index (Phi) is 7.80. The third-order valence-electron chi connectivity index (χ3n) is 2.83. The number of carbonyl (C=O) groups excluding carboxylic acids is 1. The molecule has 0 fully saturated rings. The molecule has 1 aromatic rings. The van der Waals surface area contributed by atoms with Gasteiger partial charge < -0.3 is 10.1 Å². The Morgan fingerprint density at radius 1 is 1.45 bits per heavy atom. The summed E-state index contributed by atoms with van der Waals surface area (Å²) in [5.74, 6) is 1.40. The van der Waals surface area contributed by atoms with Gasteiger partial charge in [0.2, 0.25) is 6.41 Å². The molecule has 1 rings (SSSR count). The Bertz CT molecular complexity index is 434. The summed E-state index contributed by atoms with van der Waals surface area (Å²) in [4.78, 5) is 10.7. The van der Waals surface area contributed by atoms with Crippen LogP contribution in [0.1, 0.15) is 18.9 Å². The van der Waals surface area contributed by atoms with Crippen LogP contribution in [0.3, 0.4) is 0 Å². The maximum absolute atomic E-state index is 12.8. The van der Waals surface area contributed by atoms with Gasteiger partial charge in [-0.25, -0.2) is 4.39 Å². The van der Waals surface area contributed by atoms with E-state index in [9.17, 15) is 9.18 Å². The number of rotatable bonds is 9. The number of carbonyl (C=O) groups is 1. The molecular formula is C15H20FNO2S. The minimum absolute atomic E-state index is 0.120. The molecule has 0 saturated heterocycles.